The van der Waals surface area contributed by atoms with Gasteiger partial charge in [-0.2, -0.15) is 0 Å². The first-order chi connectivity index (χ1) is 13.1. The maximum atomic E-state index is 13.0. The van der Waals surface area contributed by atoms with Gasteiger partial charge in [-0.25, -0.2) is 0 Å². The maximum absolute atomic E-state index is 13.0. The van der Waals surface area contributed by atoms with E-state index in [0.717, 1.165) is 49.8 Å². The molecule has 1 heterocycles. The minimum atomic E-state index is -0.831. The van der Waals surface area contributed by atoms with Crippen LogP contribution in [-0.2, 0) is 16.0 Å². The van der Waals surface area contributed by atoms with Crippen LogP contribution in [0.25, 0.3) is 0 Å². The Balaban J connectivity index is 1.29. The number of aliphatic carboxylic acids is 1. The van der Waals surface area contributed by atoms with Gasteiger partial charge in [-0.1, -0.05) is 36.4 Å². The summed E-state index contributed by atoms with van der Waals surface area (Å²) in [5.41, 5.74) is 2.38. The summed E-state index contributed by atoms with van der Waals surface area (Å²) in [5, 5.41) is 9.86. The zero-order valence-corrected chi connectivity index (χ0v) is 15.6. The molecule has 4 heteroatoms. The summed E-state index contributed by atoms with van der Waals surface area (Å²) < 4.78 is 0. The Labute approximate surface area is 160 Å². The van der Waals surface area contributed by atoms with Crippen molar-refractivity contribution in [3.63, 3.8) is 0 Å². The molecule has 2 bridgehead atoms. The van der Waals surface area contributed by atoms with Gasteiger partial charge in [0, 0.05) is 19.5 Å². The number of fused-ring (bicyclic) bond motifs is 6. The van der Waals surface area contributed by atoms with Gasteiger partial charge in [-0.05, 0) is 66.4 Å². The van der Waals surface area contributed by atoms with Crippen molar-refractivity contribution in [3.8, 4) is 0 Å². The number of carbonyl (C=O) groups is 2. The summed E-state index contributed by atoms with van der Waals surface area (Å²) in [6, 6.07) is 8.12. The molecule has 27 heavy (non-hydrogen) atoms. The third kappa shape index (κ3) is 2.81. The quantitative estimate of drug-likeness (QED) is 0.831. The molecule has 4 aliphatic rings. The van der Waals surface area contributed by atoms with Crippen LogP contribution in [0.2, 0.25) is 0 Å². The predicted octanol–water partition coefficient (Wildman–Crippen LogP) is 3.48. The van der Waals surface area contributed by atoms with Crippen LogP contribution in [0.3, 0.4) is 0 Å². The van der Waals surface area contributed by atoms with Gasteiger partial charge in [0.1, 0.15) is 0 Å². The highest BCUT2D eigenvalue weighted by atomic mass is 16.4. The number of carbonyl (C=O) groups excluding carboxylic acids is 1. The van der Waals surface area contributed by atoms with Crippen molar-refractivity contribution in [1.82, 2.24) is 4.90 Å². The van der Waals surface area contributed by atoms with E-state index in [4.69, 9.17) is 0 Å². The molecule has 1 saturated carbocycles. The predicted molar refractivity (Wildman–Crippen MR) is 102 cm³/mol. The third-order valence-electron chi connectivity index (χ3n) is 7.69. The second-order valence-electron chi connectivity index (χ2n) is 8.90. The molecule has 1 aromatic carbocycles. The number of piperidine rings is 1. The van der Waals surface area contributed by atoms with Crippen molar-refractivity contribution in [1.29, 1.82) is 0 Å². The lowest BCUT2D eigenvalue weighted by Crippen LogP contribution is -2.46. The Kier molecular flexibility index (Phi) is 4.10. The molecule has 0 radical (unpaired) electrons. The molecule has 1 amide bonds. The highest BCUT2D eigenvalue weighted by Gasteiger charge is 2.47. The van der Waals surface area contributed by atoms with Crippen LogP contribution in [-0.4, -0.2) is 35.0 Å². The van der Waals surface area contributed by atoms with E-state index in [9.17, 15) is 14.7 Å². The Hall–Kier alpha value is -2.10. The molecule has 4 nitrogen and oxygen atoms in total. The number of carboxylic acid groups (broad SMARTS) is 1. The second-order valence-corrected chi connectivity index (χ2v) is 8.90. The number of aryl methyl sites for hydroxylation is 1. The number of allylic oxidation sites excluding steroid dienone is 2. The monoisotopic (exact) mass is 365 g/mol. The van der Waals surface area contributed by atoms with E-state index in [1.54, 1.807) is 0 Å². The maximum Gasteiger partial charge on any atom is 0.307 e. The Morgan fingerprint density at radius 1 is 1.11 bits per heavy atom. The molecule has 3 aliphatic carbocycles. The fraction of sp³-hybridized carbons (Fsp3) is 0.565. The SMILES string of the molecule is O=C(O)C(CC(=O)N1CC[C@@H]2C3C=CC(C3)[C@@H]2C1)[C@@H]1CCc2ccccc21. The van der Waals surface area contributed by atoms with Crippen LogP contribution >= 0.6 is 0 Å². The van der Waals surface area contributed by atoms with E-state index in [-0.39, 0.29) is 18.2 Å². The molecule has 0 spiro atoms. The van der Waals surface area contributed by atoms with Crippen LogP contribution in [0, 0.1) is 29.6 Å². The number of rotatable bonds is 4. The van der Waals surface area contributed by atoms with Crippen molar-refractivity contribution in [2.75, 3.05) is 13.1 Å². The number of carboxylic acids is 1. The number of hydrogen-bond donors (Lipinski definition) is 1. The van der Waals surface area contributed by atoms with Gasteiger partial charge in [-0.15, -0.1) is 0 Å². The van der Waals surface area contributed by atoms with Crippen LogP contribution < -0.4 is 0 Å². The Bertz CT molecular complexity index is 801. The number of amides is 1. The standard InChI is InChI=1S/C23H27NO3/c25-22(24-10-9-18-15-5-6-16(11-15)21(18)13-24)12-20(23(26)27)19-8-7-14-3-1-2-4-17(14)19/h1-6,15-16,18-21H,7-13H2,(H,26,27)/t15?,16?,18-,19-,20?,21+/m1/s1. The summed E-state index contributed by atoms with van der Waals surface area (Å²) in [7, 11) is 0. The van der Waals surface area contributed by atoms with E-state index in [1.807, 2.05) is 23.1 Å². The van der Waals surface area contributed by atoms with Gasteiger partial charge in [-0.3, -0.25) is 9.59 Å². The van der Waals surface area contributed by atoms with E-state index in [1.165, 1.54) is 12.0 Å². The van der Waals surface area contributed by atoms with Gasteiger partial charge >= 0.3 is 5.97 Å². The summed E-state index contributed by atoms with van der Waals surface area (Å²) >= 11 is 0. The number of benzene rings is 1. The first-order valence-corrected chi connectivity index (χ1v) is 10.4. The third-order valence-corrected chi connectivity index (χ3v) is 7.69. The lowest BCUT2D eigenvalue weighted by atomic mass is 9.78. The van der Waals surface area contributed by atoms with Crippen molar-refractivity contribution in [2.24, 2.45) is 29.6 Å². The highest BCUT2D eigenvalue weighted by Crippen LogP contribution is 2.51. The molecule has 3 unspecified atom stereocenters. The highest BCUT2D eigenvalue weighted by molar-refractivity contribution is 5.83. The molecule has 1 N–H and O–H groups in total. The molecular formula is C23H27NO3. The molecule has 1 aliphatic heterocycles. The number of nitrogens with zero attached hydrogens (tertiary/aromatic N) is 1. The van der Waals surface area contributed by atoms with Crippen LogP contribution in [0.15, 0.2) is 36.4 Å². The van der Waals surface area contributed by atoms with E-state index >= 15 is 0 Å². The number of hydrogen-bond acceptors (Lipinski definition) is 2. The molecule has 1 saturated heterocycles. The number of likely N-dealkylation sites (tertiary alicyclic amines) is 1. The van der Waals surface area contributed by atoms with Crippen LogP contribution in [0.4, 0.5) is 0 Å². The Morgan fingerprint density at radius 3 is 2.70 bits per heavy atom. The first-order valence-electron chi connectivity index (χ1n) is 10.4. The average Bonchev–Trinajstić information content (AvgIpc) is 3.40. The lowest BCUT2D eigenvalue weighted by Gasteiger charge is -2.40. The van der Waals surface area contributed by atoms with Crippen molar-refractivity contribution < 1.29 is 14.7 Å². The molecule has 0 aromatic heterocycles. The zero-order chi connectivity index (χ0) is 18.5. The molecular weight excluding hydrogens is 338 g/mol. The van der Waals surface area contributed by atoms with E-state index < -0.39 is 11.9 Å². The molecule has 2 fully saturated rings. The minimum absolute atomic E-state index is 0.0365. The fourth-order valence-corrected chi connectivity index (χ4v) is 6.33. The molecule has 1 aromatic rings. The molecule has 6 atom stereocenters. The molecule has 142 valence electrons. The van der Waals surface area contributed by atoms with Crippen LogP contribution in [0.5, 0.6) is 0 Å². The van der Waals surface area contributed by atoms with Gasteiger partial charge < -0.3 is 10.0 Å². The topological polar surface area (TPSA) is 57.6 Å². The minimum Gasteiger partial charge on any atom is -0.481 e. The van der Waals surface area contributed by atoms with Crippen LogP contribution in [0.1, 0.15) is 42.7 Å². The fourth-order valence-electron chi connectivity index (χ4n) is 6.33. The van der Waals surface area contributed by atoms with E-state index in [0.29, 0.717) is 11.8 Å². The average molecular weight is 365 g/mol. The second kappa shape index (κ2) is 6.50. The summed E-state index contributed by atoms with van der Waals surface area (Å²) in [6.07, 6.45) is 8.94. The van der Waals surface area contributed by atoms with Gasteiger partial charge in [0.05, 0.1) is 5.92 Å². The smallest absolute Gasteiger partial charge is 0.307 e. The van der Waals surface area contributed by atoms with Crippen molar-refractivity contribution in [2.45, 2.75) is 38.0 Å². The summed E-state index contributed by atoms with van der Waals surface area (Å²) in [5.74, 6) is 1.24. The van der Waals surface area contributed by atoms with Crippen molar-refractivity contribution in [3.05, 3.63) is 47.5 Å². The summed E-state index contributed by atoms with van der Waals surface area (Å²) in [6.45, 7) is 1.62. The Morgan fingerprint density at radius 2 is 1.89 bits per heavy atom. The lowest BCUT2D eigenvalue weighted by molar-refractivity contribution is -0.147. The van der Waals surface area contributed by atoms with Gasteiger partial charge in [0.25, 0.3) is 0 Å². The zero-order valence-electron chi connectivity index (χ0n) is 15.6. The summed E-state index contributed by atoms with van der Waals surface area (Å²) in [4.78, 5) is 27.0. The van der Waals surface area contributed by atoms with Gasteiger partial charge in [0.2, 0.25) is 5.91 Å². The van der Waals surface area contributed by atoms with Gasteiger partial charge in [0.15, 0.2) is 0 Å². The van der Waals surface area contributed by atoms with Crippen molar-refractivity contribution >= 4 is 11.9 Å². The first kappa shape index (κ1) is 17.0. The largest absolute Gasteiger partial charge is 0.481 e. The molecule has 5 rings (SSSR count). The van der Waals surface area contributed by atoms with E-state index in [2.05, 4.69) is 18.2 Å². The normalized spacial score (nSPS) is 34.4.